The summed E-state index contributed by atoms with van der Waals surface area (Å²) in [6.07, 6.45) is 6.53. The minimum absolute atomic E-state index is 0.0278. The number of carbonyl (C=O) groups is 1. The number of rotatable bonds is 7. The molecule has 6 rings (SSSR count). The van der Waals surface area contributed by atoms with Crippen LogP contribution in [0.1, 0.15) is 46.6 Å². The van der Waals surface area contributed by atoms with Crippen LogP contribution < -0.4 is 15.6 Å². The zero-order chi connectivity index (χ0) is 26.9. The quantitative estimate of drug-likeness (QED) is 0.375. The number of hydrogen-bond acceptors (Lipinski definition) is 8. The molecular weight excluding hydrogens is 501 g/mol. The molecule has 1 amide bonds. The maximum atomic E-state index is 14.7. The van der Waals surface area contributed by atoms with E-state index in [1.165, 1.54) is 24.5 Å². The third-order valence-corrected chi connectivity index (χ3v) is 7.10. The van der Waals surface area contributed by atoms with E-state index in [9.17, 15) is 14.0 Å². The van der Waals surface area contributed by atoms with Crippen molar-refractivity contribution in [3.63, 3.8) is 0 Å². The van der Waals surface area contributed by atoms with E-state index in [0.717, 1.165) is 19.3 Å². The van der Waals surface area contributed by atoms with Crippen LogP contribution in [0.4, 0.5) is 10.2 Å². The molecule has 1 aliphatic carbocycles. The van der Waals surface area contributed by atoms with Gasteiger partial charge in [0.2, 0.25) is 0 Å². The first-order valence-electron chi connectivity index (χ1n) is 12.7. The number of aromatic nitrogens is 4. The van der Waals surface area contributed by atoms with Crippen molar-refractivity contribution in [3.05, 3.63) is 87.5 Å². The van der Waals surface area contributed by atoms with Crippen LogP contribution in [0, 0.1) is 17.1 Å². The summed E-state index contributed by atoms with van der Waals surface area (Å²) in [5, 5.41) is 20.0. The number of halogens is 1. The Labute approximate surface area is 222 Å². The van der Waals surface area contributed by atoms with Crippen molar-refractivity contribution in [2.75, 3.05) is 18.4 Å². The minimum atomic E-state index is -0.608. The molecule has 0 radical (unpaired) electrons. The average molecular weight is 526 g/mol. The Hall–Kier alpha value is -4.85. The Balaban J connectivity index is 1.18. The molecule has 1 aliphatic heterocycles. The fraction of sp³-hybridized carbons (Fsp3) is 0.286. The second-order valence-electron chi connectivity index (χ2n) is 9.82. The first kappa shape index (κ1) is 24.5. The number of benzene rings is 2. The van der Waals surface area contributed by atoms with Gasteiger partial charge in [-0.15, -0.1) is 0 Å². The van der Waals surface area contributed by atoms with Crippen LogP contribution in [0.5, 0.6) is 5.75 Å². The van der Waals surface area contributed by atoms with E-state index < -0.39 is 11.7 Å². The van der Waals surface area contributed by atoms with Gasteiger partial charge in [0.1, 0.15) is 23.5 Å². The molecule has 0 spiro atoms. The Morgan fingerprint density at radius 1 is 1.18 bits per heavy atom. The molecule has 2 N–H and O–H groups in total. The summed E-state index contributed by atoms with van der Waals surface area (Å²) in [6, 6.07) is 11.6. The van der Waals surface area contributed by atoms with Gasteiger partial charge in [0.15, 0.2) is 5.69 Å². The van der Waals surface area contributed by atoms with Crippen LogP contribution in [0.15, 0.2) is 53.6 Å². The molecule has 11 heteroatoms. The SMILES string of the molecule is N#Cc1cncc(NC2CN(C(=O)c3cc(Cc4n[nH]c(=O)c5ccc(OC6CCC6)cc45)ccc3F)C2)n1. The fourth-order valence-electron chi connectivity index (χ4n) is 4.73. The summed E-state index contributed by atoms with van der Waals surface area (Å²) < 4.78 is 20.7. The van der Waals surface area contributed by atoms with Crippen LogP contribution in [0.25, 0.3) is 10.8 Å². The largest absolute Gasteiger partial charge is 0.490 e. The summed E-state index contributed by atoms with van der Waals surface area (Å²) in [7, 11) is 0. The second-order valence-corrected chi connectivity index (χ2v) is 9.82. The highest BCUT2D eigenvalue weighted by Gasteiger charge is 2.33. The summed E-state index contributed by atoms with van der Waals surface area (Å²) in [5.74, 6) is 0.103. The molecule has 2 aromatic carbocycles. The number of nitrogens with zero attached hydrogens (tertiary/aromatic N) is 5. The normalized spacial score (nSPS) is 15.3. The molecule has 0 atom stereocenters. The van der Waals surface area contributed by atoms with Crippen LogP contribution in [-0.2, 0) is 6.42 Å². The molecular formula is C28H24FN7O3. The van der Waals surface area contributed by atoms with Crippen molar-refractivity contribution >= 4 is 22.5 Å². The lowest BCUT2D eigenvalue weighted by atomic mass is 9.96. The van der Waals surface area contributed by atoms with Gasteiger partial charge in [-0.2, -0.15) is 10.4 Å². The van der Waals surface area contributed by atoms with Gasteiger partial charge in [-0.1, -0.05) is 6.07 Å². The van der Waals surface area contributed by atoms with Crippen molar-refractivity contribution in [2.45, 2.75) is 37.8 Å². The van der Waals surface area contributed by atoms with Gasteiger partial charge in [-0.05, 0) is 55.2 Å². The van der Waals surface area contributed by atoms with E-state index in [1.54, 1.807) is 23.1 Å². The maximum Gasteiger partial charge on any atom is 0.272 e. The van der Waals surface area contributed by atoms with E-state index >= 15 is 0 Å². The molecule has 2 aromatic heterocycles. The Kier molecular flexibility index (Phi) is 6.36. The number of H-pyrrole nitrogens is 1. The molecule has 196 valence electrons. The van der Waals surface area contributed by atoms with E-state index in [0.29, 0.717) is 53.1 Å². The van der Waals surface area contributed by atoms with Gasteiger partial charge in [0, 0.05) is 24.9 Å². The highest BCUT2D eigenvalue weighted by Crippen LogP contribution is 2.28. The number of carbonyl (C=O) groups excluding carboxylic acids is 1. The van der Waals surface area contributed by atoms with Gasteiger partial charge in [0.25, 0.3) is 11.5 Å². The van der Waals surface area contributed by atoms with Crippen LogP contribution >= 0.6 is 0 Å². The van der Waals surface area contributed by atoms with E-state index in [2.05, 4.69) is 25.5 Å². The van der Waals surface area contributed by atoms with Crippen molar-refractivity contribution < 1.29 is 13.9 Å². The van der Waals surface area contributed by atoms with Crippen molar-refractivity contribution in [1.29, 1.82) is 5.26 Å². The molecule has 2 fully saturated rings. The lowest BCUT2D eigenvalue weighted by molar-refractivity contribution is 0.0620. The number of amides is 1. The minimum Gasteiger partial charge on any atom is -0.490 e. The lowest BCUT2D eigenvalue weighted by Gasteiger charge is -2.39. The summed E-state index contributed by atoms with van der Waals surface area (Å²) >= 11 is 0. The van der Waals surface area contributed by atoms with Crippen molar-refractivity contribution in [2.24, 2.45) is 0 Å². The Morgan fingerprint density at radius 2 is 2.03 bits per heavy atom. The third kappa shape index (κ3) is 5.01. The maximum absolute atomic E-state index is 14.7. The number of likely N-dealkylation sites (tertiary alicyclic amines) is 1. The number of nitrogens with one attached hydrogen (secondary N) is 2. The average Bonchev–Trinajstić information content (AvgIpc) is 2.90. The van der Waals surface area contributed by atoms with Crippen LogP contribution in [0.2, 0.25) is 0 Å². The van der Waals surface area contributed by atoms with Gasteiger partial charge < -0.3 is 15.0 Å². The predicted molar refractivity (Wildman–Crippen MR) is 140 cm³/mol. The number of nitriles is 1. The van der Waals surface area contributed by atoms with Crippen molar-refractivity contribution in [3.8, 4) is 11.8 Å². The zero-order valence-electron chi connectivity index (χ0n) is 20.9. The number of ether oxygens (including phenoxy) is 1. The van der Waals surface area contributed by atoms with Crippen LogP contribution in [0.3, 0.4) is 0 Å². The number of fused-ring (bicyclic) bond motifs is 1. The standard InChI is InChI=1S/C28H24FN7O3/c29-24-7-4-16(8-23(24)28(38)36-14-18(15-36)33-26-13-31-12-17(11-30)32-26)9-25-22-10-20(39-19-2-1-3-19)5-6-21(22)27(37)35-34-25/h4-8,10,12-13,18-19H,1-3,9,14-15H2,(H,32,33)(H,35,37). The zero-order valence-corrected chi connectivity index (χ0v) is 20.9. The molecule has 4 aromatic rings. The van der Waals surface area contributed by atoms with Crippen molar-refractivity contribution in [1.82, 2.24) is 25.1 Å². The highest BCUT2D eigenvalue weighted by molar-refractivity contribution is 5.95. The van der Waals surface area contributed by atoms with Gasteiger partial charge in [0.05, 0.1) is 41.2 Å². The predicted octanol–water partition coefficient (Wildman–Crippen LogP) is 3.18. The number of hydrogen-bond donors (Lipinski definition) is 2. The van der Waals surface area contributed by atoms with E-state index in [4.69, 9.17) is 10.00 Å². The molecule has 10 nitrogen and oxygen atoms in total. The summed E-state index contributed by atoms with van der Waals surface area (Å²) in [4.78, 5) is 35.1. The topological polar surface area (TPSA) is 137 Å². The number of aromatic amines is 1. The monoisotopic (exact) mass is 525 g/mol. The first-order valence-corrected chi connectivity index (χ1v) is 12.7. The van der Waals surface area contributed by atoms with E-state index in [1.807, 2.05) is 12.1 Å². The number of anilines is 1. The van der Waals surface area contributed by atoms with Gasteiger partial charge in [-0.25, -0.2) is 14.5 Å². The summed E-state index contributed by atoms with van der Waals surface area (Å²) in [5.41, 5.74) is 1.15. The molecule has 2 aliphatic rings. The first-order chi connectivity index (χ1) is 19.0. The molecule has 1 saturated carbocycles. The third-order valence-electron chi connectivity index (χ3n) is 7.10. The fourth-order valence-corrected chi connectivity index (χ4v) is 4.73. The van der Waals surface area contributed by atoms with Gasteiger partial charge >= 0.3 is 0 Å². The Bertz CT molecular complexity index is 1670. The van der Waals surface area contributed by atoms with Gasteiger partial charge in [-0.3, -0.25) is 14.6 Å². The molecule has 39 heavy (non-hydrogen) atoms. The lowest BCUT2D eigenvalue weighted by Crippen LogP contribution is -2.57. The second kappa shape index (κ2) is 10.1. The summed E-state index contributed by atoms with van der Waals surface area (Å²) in [6.45, 7) is 0.716. The Morgan fingerprint density at radius 3 is 2.79 bits per heavy atom. The smallest absolute Gasteiger partial charge is 0.272 e. The molecule has 0 bridgehead atoms. The highest BCUT2D eigenvalue weighted by atomic mass is 19.1. The molecule has 0 unspecified atom stereocenters. The molecule has 3 heterocycles. The van der Waals surface area contributed by atoms with Crippen LogP contribution in [-0.4, -0.2) is 56.2 Å². The van der Waals surface area contributed by atoms with E-state index in [-0.39, 0.29) is 29.0 Å². The molecule has 1 saturated heterocycles.